The van der Waals surface area contributed by atoms with Crippen LogP contribution in [0.15, 0.2) is 6.07 Å². The Bertz CT molecular complexity index is 750. The molecule has 0 aromatic heterocycles. The van der Waals surface area contributed by atoms with Gasteiger partial charge < -0.3 is 10.2 Å². The van der Waals surface area contributed by atoms with Gasteiger partial charge in [-0.3, -0.25) is 19.7 Å². The van der Waals surface area contributed by atoms with Crippen molar-refractivity contribution in [3.8, 4) is 0 Å². The summed E-state index contributed by atoms with van der Waals surface area (Å²) < 4.78 is 0. The van der Waals surface area contributed by atoms with E-state index in [1.54, 1.807) is 4.90 Å². The molecule has 1 aromatic rings. The summed E-state index contributed by atoms with van der Waals surface area (Å²) in [6.07, 6.45) is 0.657. The summed E-state index contributed by atoms with van der Waals surface area (Å²) in [6, 6.07) is 1.32. The Morgan fingerprint density at radius 2 is 2.05 bits per heavy atom. The molecular formula is C16H85N3O3. The first-order valence-corrected chi connectivity index (χ1v) is 7.39. The van der Waals surface area contributed by atoms with Crippen LogP contribution in [0.1, 0.15) is 87.0 Å². The number of hydrogen-bond donors (Lipinski definition) is 2. The van der Waals surface area contributed by atoms with Crippen molar-refractivity contribution in [2.24, 2.45) is 0 Å². The number of fused-ring (bicyclic) bond motifs is 1. The van der Waals surface area contributed by atoms with E-state index in [-0.39, 0.29) is 71.2 Å². The molecule has 2 aliphatic rings. The van der Waals surface area contributed by atoms with Crippen LogP contribution >= 0.6 is 0 Å². The molecule has 1 aromatic carbocycles. The zero-order chi connectivity index (χ0) is 16.0. The molecule has 1 fully saturated rings. The number of nitrogens with one attached hydrogen (secondary N) is 2. The van der Waals surface area contributed by atoms with Crippen molar-refractivity contribution in [1.82, 2.24) is 10.2 Å². The molecule has 0 bridgehead atoms. The molecule has 6 heteroatoms. The van der Waals surface area contributed by atoms with Crippen molar-refractivity contribution < 1.29 is 61.5 Å². The zero-order valence-corrected chi connectivity index (χ0v) is 12.9. The number of aryl methyl sites for hydroxylation is 1. The highest BCUT2D eigenvalue weighted by molar-refractivity contribution is 6.06. The van der Waals surface area contributed by atoms with E-state index in [1.165, 1.54) is 0 Å². The van der Waals surface area contributed by atoms with E-state index in [0.717, 1.165) is 22.4 Å². The van der Waals surface area contributed by atoms with Crippen molar-refractivity contribution in [2.45, 2.75) is 39.3 Å². The van der Waals surface area contributed by atoms with Gasteiger partial charge in [0.05, 0.1) is 0 Å². The SMILES string of the molecule is CNc1c(C)c(C)cc2c1CN(C1CCC(=O)NC1=O)C2=O.[HH].[HH].[HH].[HH].[HH].[HH].[HH].[HH].[HH].[HH].[HH].[HH].[HH].[HH].[HH].[HH].[HH].[HH].[HH].[HH].[HH].[HH].[HH].[HH].[HH].[HH].[HH].[HH].[HH].[HH].[HH].[HH].[HH]. The van der Waals surface area contributed by atoms with Crippen molar-refractivity contribution in [3.63, 3.8) is 0 Å². The van der Waals surface area contributed by atoms with Crippen molar-refractivity contribution in [2.75, 3.05) is 12.4 Å². The van der Waals surface area contributed by atoms with E-state index < -0.39 is 6.04 Å². The van der Waals surface area contributed by atoms with Gasteiger partial charge in [0.2, 0.25) is 11.8 Å². The number of anilines is 1. The van der Waals surface area contributed by atoms with Crippen LogP contribution in [-0.2, 0) is 16.1 Å². The summed E-state index contributed by atoms with van der Waals surface area (Å²) in [7, 11) is 1.83. The molecule has 0 spiro atoms. The molecule has 2 N–H and O–H groups in total. The fraction of sp³-hybridized carbons (Fsp3) is 0.438. The Morgan fingerprint density at radius 1 is 1.32 bits per heavy atom. The summed E-state index contributed by atoms with van der Waals surface area (Å²) in [5.74, 6) is -0.783. The van der Waals surface area contributed by atoms with E-state index in [2.05, 4.69) is 10.6 Å². The van der Waals surface area contributed by atoms with E-state index in [1.807, 2.05) is 27.0 Å². The molecule has 3 amide bonds. The highest BCUT2D eigenvalue weighted by atomic mass is 16.2. The molecule has 6 nitrogen and oxygen atoms in total. The first-order valence-electron chi connectivity index (χ1n) is 7.39. The fourth-order valence-electron chi connectivity index (χ4n) is 3.29. The molecule has 2 heterocycles. The van der Waals surface area contributed by atoms with E-state index in [9.17, 15) is 14.4 Å². The van der Waals surface area contributed by atoms with E-state index in [4.69, 9.17) is 0 Å². The standard InChI is InChI=1S/C16H19N3O3.33H2/c1-8-6-10-11(14(17-3)9(8)2)7-19(16(10)22)12-4-5-13(20)18-15(12)21;;;;;;;;;;;;;;;;;;;;;;;;;;;;;;;;;/h6,12,17H,4-5,7H2,1-3H3,(H,18,20,21);33*1H. The van der Waals surface area contributed by atoms with E-state index >= 15 is 0 Å². The lowest BCUT2D eigenvalue weighted by Crippen LogP contribution is -2.52. The highest BCUT2D eigenvalue weighted by Crippen LogP contribution is 2.35. The second kappa shape index (κ2) is 5.12. The summed E-state index contributed by atoms with van der Waals surface area (Å²) in [5, 5.41) is 5.48. The smallest absolute Gasteiger partial charge is 0.255 e. The van der Waals surface area contributed by atoms with Gasteiger partial charge in [0.1, 0.15) is 6.04 Å². The summed E-state index contributed by atoms with van der Waals surface area (Å²) in [6.45, 7) is 4.39. The van der Waals surface area contributed by atoms with Crippen molar-refractivity contribution >= 4 is 23.4 Å². The zero-order valence-electron chi connectivity index (χ0n) is 12.9. The predicted octanol–water partition coefficient (Wildman–Crippen LogP) is 9.22. The molecular weight excluding hydrogens is 282 g/mol. The largest absolute Gasteiger partial charge is 0.388 e. The minimum atomic E-state index is -0.567. The van der Waals surface area contributed by atoms with Gasteiger partial charge in [-0.25, -0.2) is 0 Å². The predicted molar refractivity (Wildman–Crippen MR) is 151 cm³/mol. The first-order chi connectivity index (χ1) is 10.4. The number of rotatable bonds is 2. The number of amides is 3. The number of imide groups is 1. The van der Waals surface area contributed by atoms with Crippen LogP contribution in [0.4, 0.5) is 5.69 Å². The van der Waals surface area contributed by atoms with Gasteiger partial charge in [-0.05, 0) is 37.5 Å². The highest BCUT2D eigenvalue weighted by Gasteiger charge is 2.40. The maximum Gasteiger partial charge on any atom is 0.255 e. The molecule has 0 saturated carbocycles. The van der Waals surface area contributed by atoms with Crippen LogP contribution in [0.3, 0.4) is 0 Å². The monoisotopic (exact) mass is 368 g/mol. The number of benzene rings is 1. The van der Waals surface area contributed by atoms with Crippen molar-refractivity contribution in [3.05, 3.63) is 28.3 Å². The topological polar surface area (TPSA) is 78.5 Å². The number of carbonyl (C=O) groups is 3. The Labute approximate surface area is 177 Å². The van der Waals surface area contributed by atoms with Gasteiger partial charge in [0, 0.05) is 83.9 Å². The first kappa shape index (κ1) is 14.6. The van der Waals surface area contributed by atoms with Gasteiger partial charge in [0.15, 0.2) is 0 Å². The third kappa shape index (κ3) is 2.06. The number of hydrogen-bond acceptors (Lipinski definition) is 4. The van der Waals surface area contributed by atoms with Crippen LogP contribution in [0.5, 0.6) is 0 Å². The van der Waals surface area contributed by atoms with E-state index in [0.29, 0.717) is 18.5 Å². The molecule has 1 unspecified atom stereocenters. The lowest BCUT2D eigenvalue weighted by molar-refractivity contribution is -0.136. The Hall–Kier alpha value is -2.37. The molecule has 22 heavy (non-hydrogen) atoms. The average Bonchev–Trinajstić information content (AvgIpc) is 2.78. The summed E-state index contributed by atoms with van der Waals surface area (Å²) in [4.78, 5) is 37.6. The van der Waals surface area contributed by atoms with Crippen LogP contribution in [0.2, 0.25) is 0 Å². The molecule has 1 saturated heterocycles. The maximum absolute atomic E-state index is 12.7. The molecule has 0 aliphatic carbocycles. The fourth-order valence-corrected chi connectivity index (χ4v) is 3.29. The maximum atomic E-state index is 12.7. The molecule has 3 rings (SSSR count). The van der Waals surface area contributed by atoms with Crippen LogP contribution in [-0.4, -0.2) is 35.7 Å². The number of piperidine rings is 1. The quantitative estimate of drug-likeness (QED) is 0.510. The third-order valence-electron chi connectivity index (χ3n) is 4.61. The number of carbonyl (C=O) groups excluding carboxylic acids is 3. The van der Waals surface area contributed by atoms with Gasteiger partial charge in [-0.1, -0.05) is 0 Å². The molecule has 2 aliphatic heterocycles. The minimum Gasteiger partial charge on any atom is -0.388 e. The Balaban J connectivity index is -0.00000000602. The second-order valence-electron chi connectivity index (χ2n) is 5.87. The molecule has 0 radical (unpaired) electrons. The van der Waals surface area contributed by atoms with Crippen molar-refractivity contribution in [1.29, 1.82) is 0 Å². The second-order valence-corrected chi connectivity index (χ2v) is 5.87. The average molecular weight is 368 g/mol. The summed E-state index contributed by atoms with van der Waals surface area (Å²) >= 11 is 0. The van der Waals surface area contributed by atoms with Gasteiger partial charge >= 0.3 is 0 Å². The summed E-state index contributed by atoms with van der Waals surface area (Å²) in [5.41, 5.74) is 4.69. The van der Waals surface area contributed by atoms with Gasteiger partial charge in [-0.15, -0.1) is 0 Å². The van der Waals surface area contributed by atoms with Crippen LogP contribution in [0, 0.1) is 13.8 Å². The van der Waals surface area contributed by atoms with Gasteiger partial charge in [-0.2, -0.15) is 0 Å². The minimum absolute atomic E-state index is 0. The molecule has 182 valence electrons. The van der Waals surface area contributed by atoms with Crippen LogP contribution < -0.4 is 10.6 Å². The lowest BCUT2D eigenvalue weighted by Gasteiger charge is -2.29. The third-order valence-corrected chi connectivity index (χ3v) is 4.61. The van der Waals surface area contributed by atoms with Crippen LogP contribution in [0.25, 0.3) is 0 Å². The molecule has 1 atom stereocenters. The number of nitrogens with zero attached hydrogens (tertiary/aromatic N) is 1. The Morgan fingerprint density at radius 3 is 2.68 bits per heavy atom. The normalized spacial score (nSPS) is 21.0. The van der Waals surface area contributed by atoms with Gasteiger partial charge in [0.25, 0.3) is 5.91 Å². The Kier molecular flexibility index (Phi) is 3.39. The lowest BCUT2D eigenvalue weighted by atomic mass is 9.98.